The van der Waals surface area contributed by atoms with Gasteiger partial charge in [0, 0.05) is 19.3 Å². The molecule has 0 aromatic heterocycles. The topological polar surface area (TPSA) is 78.9 Å². The highest BCUT2D eigenvalue weighted by molar-refractivity contribution is 5.71. The van der Waals surface area contributed by atoms with E-state index in [0.29, 0.717) is 12.8 Å². The van der Waals surface area contributed by atoms with E-state index in [4.69, 9.17) is 14.2 Å². The van der Waals surface area contributed by atoms with Crippen molar-refractivity contribution in [3.63, 3.8) is 0 Å². The Bertz CT molecular complexity index is 1530. The van der Waals surface area contributed by atoms with Crippen molar-refractivity contribution < 1.29 is 28.6 Å². The van der Waals surface area contributed by atoms with Crippen molar-refractivity contribution in [2.45, 2.75) is 207 Å². The van der Waals surface area contributed by atoms with Crippen LogP contribution in [0.1, 0.15) is 201 Å². The van der Waals surface area contributed by atoms with E-state index in [9.17, 15) is 14.4 Å². The molecule has 0 amide bonds. The lowest BCUT2D eigenvalue weighted by atomic mass is 10.1. The molecule has 0 N–H and O–H groups in total. The van der Waals surface area contributed by atoms with E-state index in [-0.39, 0.29) is 44.0 Å². The van der Waals surface area contributed by atoms with Crippen LogP contribution in [-0.4, -0.2) is 37.2 Å². The molecule has 0 aliphatic heterocycles. The van der Waals surface area contributed by atoms with Gasteiger partial charge in [0.2, 0.25) is 0 Å². The summed E-state index contributed by atoms with van der Waals surface area (Å²) >= 11 is 0. The minimum absolute atomic E-state index is 0.125. The maximum atomic E-state index is 12.8. The summed E-state index contributed by atoms with van der Waals surface area (Å²) in [7, 11) is 0. The number of rotatable bonds is 45. The van der Waals surface area contributed by atoms with Gasteiger partial charge in [-0.15, -0.1) is 0 Å². The van der Waals surface area contributed by atoms with Crippen molar-refractivity contribution >= 4 is 17.9 Å². The number of unbranched alkanes of at least 4 members (excludes halogenated alkanes) is 10. The molecular weight excluding hydrogens is 829 g/mol. The lowest BCUT2D eigenvalue weighted by Crippen LogP contribution is -2.30. The van der Waals surface area contributed by atoms with Crippen LogP contribution in [0.4, 0.5) is 0 Å². The highest BCUT2D eigenvalue weighted by atomic mass is 16.6. The van der Waals surface area contributed by atoms with E-state index < -0.39 is 6.10 Å². The third-order valence-corrected chi connectivity index (χ3v) is 10.3. The Morgan fingerprint density at radius 2 is 0.567 bits per heavy atom. The fourth-order valence-electron chi connectivity index (χ4n) is 6.49. The van der Waals surface area contributed by atoms with Crippen LogP contribution >= 0.6 is 0 Å². The second-order valence-corrected chi connectivity index (χ2v) is 16.6. The van der Waals surface area contributed by atoms with Gasteiger partial charge in [0.15, 0.2) is 6.10 Å². The lowest BCUT2D eigenvalue weighted by molar-refractivity contribution is -0.166. The zero-order valence-electron chi connectivity index (χ0n) is 42.6. The number of esters is 3. The number of carbonyl (C=O) groups excluding carboxylic acids is 3. The number of allylic oxidation sites excluding steroid dienone is 24. The monoisotopic (exact) mass is 923 g/mol. The van der Waals surface area contributed by atoms with Gasteiger partial charge >= 0.3 is 17.9 Å². The molecule has 0 aromatic rings. The summed E-state index contributed by atoms with van der Waals surface area (Å²) in [5, 5.41) is 0. The molecule has 0 heterocycles. The predicted molar refractivity (Wildman–Crippen MR) is 288 cm³/mol. The van der Waals surface area contributed by atoms with Crippen molar-refractivity contribution in [2.75, 3.05) is 13.2 Å². The van der Waals surface area contributed by atoms with E-state index in [1.807, 2.05) is 12.2 Å². The number of carbonyl (C=O) groups is 3. The Balaban J connectivity index is 4.59. The molecule has 0 aromatic carbocycles. The normalized spacial score (nSPS) is 13.3. The molecule has 0 bridgehead atoms. The van der Waals surface area contributed by atoms with Gasteiger partial charge in [-0.3, -0.25) is 14.4 Å². The largest absolute Gasteiger partial charge is 0.462 e. The zero-order chi connectivity index (χ0) is 48.6. The van der Waals surface area contributed by atoms with Crippen LogP contribution < -0.4 is 0 Å². The van der Waals surface area contributed by atoms with Crippen molar-refractivity contribution in [2.24, 2.45) is 0 Å². The van der Waals surface area contributed by atoms with Crippen molar-refractivity contribution in [3.8, 4) is 0 Å². The second-order valence-electron chi connectivity index (χ2n) is 16.6. The Hall–Kier alpha value is -4.71. The molecule has 1 atom stereocenters. The second kappa shape index (κ2) is 53.9. The summed E-state index contributed by atoms with van der Waals surface area (Å²) in [6.07, 6.45) is 77.0. The molecule has 0 saturated heterocycles. The highest BCUT2D eigenvalue weighted by Gasteiger charge is 2.19. The summed E-state index contributed by atoms with van der Waals surface area (Å²) in [4.78, 5) is 38.0. The molecule has 0 radical (unpaired) electrons. The highest BCUT2D eigenvalue weighted by Crippen LogP contribution is 2.12. The van der Waals surface area contributed by atoms with Crippen LogP contribution in [0.25, 0.3) is 0 Å². The molecule has 67 heavy (non-hydrogen) atoms. The molecule has 0 aliphatic carbocycles. The van der Waals surface area contributed by atoms with Gasteiger partial charge in [-0.1, -0.05) is 205 Å². The standard InChI is InChI=1S/C61H94O6/c1-4-7-10-13-16-19-22-25-28-30-31-32-34-36-39-42-45-48-51-54-60(63)66-57-58(56-65-59(62)53-50-47-44-41-38-35-27-24-21-18-15-12-9-6-3)67-61(64)55-52-49-46-43-40-37-33-29-26-23-20-17-14-11-8-5-2/h7-12,16-21,25-29,31-32,35-36,39,45,48,58H,4-6,13-15,22-24,30,33-34,37-38,40-44,46-47,49-57H2,1-3H3/b10-7-,11-8-,12-9-,19-16-,20-17-,21-18-,28-25-,29-26-,32-31-,35-27-,39-36-,48-45-. The van der Waals surface area contributed by atoms with E-state index >= 15 is 0 Å². The first-order chi connectivity index (χ1) is 33.0. The summed E-state index contributed by atoms with van der Waals surface area (Å²) in [6.45, 7) is 6.18. The summed E-state index contributed by atoms with van der Waals surface area (Å²) in [6, 6.07) is 0. The fourth-order valence-corrected chi connectivity index (χ4v) is 6.49. The smallest absolute Gasteiger partial charge is 0.306 e. The Kier molecular flexibility index (Phi) is 50.1. The molecule has 0 saturated carbocycles. The molecule has 0 fully saturated rings. The van der Waals surface area contributed by atoms with E-state index in [0.717, 1.165) is 141 Å². The fraction of sp³-hybridized carbons (Fsp3) is 0.557. The van der Waals surface area contributed by atoms with Crippen LogP contribution in [-0.2, 0) is 28.6 Å². The van der Waals surface area contributed by atoms with Gasteiger partial charge in [-0.25, -0.2) is 0 Å². The van der Waals surface area contributed by atoms with Crippen LogP contribution in [0, 0.1) is 0 Å². The molecule has 374 valence electrons. The zero-order valence-corrected chi connectivity index (χ0v) is 42.6. The van der Waals surface area contributed by atoms with Crippen molar-refractivity contribution in [3.05, 3.63) is 146 Å². The molecule has 0 aliphatic rings. The SMILES string of the molecule is CC/C=C\C/C=C\C/C=C\C/C=C\C/C=C\C/C=C\CCC(=O)OCC(COC(=O)CCCCCC/C=C\C/C=C\C/C=C\CC)OC(=O)CCCCCCCC/C=C\C/C=C\C/C=C\CC. The summed E-state index contributed by atoms with van der Waals surface area (Å²) < 4.78 is 16.7. The van der Waals surface area contributed by atoms with Gasteiger partial charge in [0.1, 0.15) is 13.2 Å². The third kappa shape index (κ3) is 52.1. The first-order valence-electron chi connectivity index (χ1n) is 26.3. The van der Waals surface area contributed by atoms with Gasteiger partial charge in [-0.05, 0) is 122 Å². The van der Waals surface area contributed by atoms with Crippen LogP contribution in [0.5, 0.6) is 0 Å². The maximum absolute atomic E-state index is 12.8. The molecule has 6 heteroatoms. The average Bonchev–Trinajstić information content (AvgIpc) is 3.33. The third-order valence-electron chi connectivity index (χ3n) is 10.3. The molecule has 0 rings (SSSR count). The molecule has 0 spiro atoms. The Morgan fingerprint density at radius 3 is 0.925 bits per heavy atom. The van der Waals surface area contributed by atoms with E-state index in [2.05, 4.69) is 154 Å². The first-order valence-corrected chi connectivity index (χ1v) is 26.3. The van der Waals surface area contributed by atoms with Crippen LogP contribution in [0.3, 0.4) is 0 Å². The van der Waals surface area contributed by atoms with Crippen LogP contribution in [0.2, 0.25) is 0 Å². The van der Waals surface area contributed by atoms with Gasteiger partial charge < -0.3 is 14.2 Å². The van der Waals surface area contributed by atoms with E-state index in [1.165, 1.54) is 12.8 Å². The van der Waals surface area contributed by atoms with Gasteiger partial charge in [-0.2, -0.15) is 0 Å². The minimum Gasteiger partial charge on any atom is -0.462 e. The van der Waals surface area contributed by atoms with Gasteiger partial charge in [0.25, 0.3) is 0 Å². The lowest BCUT2D eigenvalue weighted by Gasteiger charge is -2.18. The van der Waals surface area contributed by atoms with Gasteiger partial charge in [0.05, 0.1) is 0 Å². The Labute approximate surface area is 410 Å². The Morgan fingerprint density at radius 1 is 0.299 bits per heavy atom. The number of hydrogen-bond acceptors (Lipinski definition) is 6. The average molecular weight is 923 g/mol. The van der Waals surface area contributed by atoms with Crippen molar-refractivity contribution in [1.82, 2.24) is 0 Å². The molecular formula is C61H94O6. The first kappa shape index (κ1) is 62.3. The van der Waals surface area contributed by atoms with Crippen molar-refractivity contribution in [1.29, 1.82) is 0 Å². The maximum Gasteiger partial charge on any atom is 0.306 e. The summed E-state index contributed by atoms with van der Waals surface area (Å²) in [5.74, 6) is -1.06. The summed E-state index contributed by atoms with van der Waals surface area (Å²) in [5.41, 5.74) is 0. The van der Waals surface area contributed by atoms with E-state index in [1.54, 1.807) is 0 Å². The minimum atomic E-state index is -0.831. The van der Waals surface area contributed by atoms with Crippen LogP contribution in [0.15, 0.2) is 146 Å². The predicted octanol–water partition coefficient (Wildman–Crippen LogP) is 17.6. The number of ether oxygens (including phenoxy) is 3. The quantitative estimate of drug-likeness (QED) is 0.0262. The number of hydrogen-bond donors (Lipinski definition) is 0. The molecule has 1 unspecified atom stereocenters. The molecule has 6 nitrogen and oxygen atoms in total.